The highest BCUT2D eigenvalue weighted by Crippen LogP contribution is 2.15. The summed E-state index contributed by atoms with van der Waals surface area (Å²) >= 11 is 6.05. The molecule has 0 aliphatic carbocycles. The molecule has 0 fully saturated rings. The van der Waals surface area contributed by atoms with Gasteiger partial charge in [-0.25, -0.2) is 4.98 Å². The van der Waals surface area contributed by atoms with Gasteiger partial charge in [-0.3, -0.25) is 19.4 Å². The second-order valence-corrected chi connectivity index (χ2v) is 6.82. The Kier molecular flexibility index (Phi) is 5.79. The summed E-state index contributed by atoms with van der Waals surface area (Å²) in [5, 5.41) is 9.72. The summed E-state index contributed by atoms with van der Waals surface area (Å²) in [7, 11) is 0. The zero-order chi connectivity index (χ0) is 21.1. The molecular weight excluding hydrogens is 396 g/mol. The Morgan fingerprint density at radius 3 is 2.59 bits per heavy atom. The fraction of sp³-hybridized carbons (Fsp3) is 0.211. The third-order valence-electron chi connectivity index (χ3n) is 4.26. The van der Waals surface area contributed by atoms with Gasteiger partial charge in [-0.15, -0.1) is 0 Å². The lowest BCUT2D eigenvalue weighted by Crippen LogP contribution is -2.35. The van der Waals surface area contributed by atoms with E-state index in [1.54, 1.807) is 51.1 Å². The van der Waals surface area contributed by atoms with Crippen molar-refractivity contribution in [2.45, 2.75) is 27.3 Å². The molecule has 0 atom stereocenters. The number of carbonyl (C=O) groups is 2. The summed E-state index contributed by atoms with van der Waals surface area (Å²) in [5.41, 5.74) is 1.97. The molecule has 29 heavy (non-hydrogen) atoms. The van der Waals surface area contributed by atoms with Crippen molar-refractivity contribution in [1.82, 2.24) is 25.1 Å². The van der Waals surface area contributed by atoms with E-state index in [9.17, 15) is 14.4 Å². The molecule has 0 radical (unpaired) electrons. The molecule has 3 N–H and O–H groups in total. The Labute approximate surface area is 171 Å². The van der Waals surface area contributed by atoms with Gasteiger partial charge < -0.3 is 10.6 Å². The van der Waals surface area contributed by atoms with Gasteiger partial charge in [-0.05, 0) is 32.4 Å². The zero-order valence-corrected chi connectivity index (χ0v) is 16.8. The summed E-state index contributed by atoms with van der Waals surface area (Å²) < 4.78 is 1.27. The van der Waals surface area contributed by atoms with Crippen LogP contribution in [-0.4, -0.2) is 31.6 Å². The number of aromatic nitrogens is 4. The van der Waals surface area contributed by atoms with E-state index in [2.05, 4.69) is 25.7 Å². The predicted molar refractivity (Wildman–Crippen MR) is 108 cm³/mol. The maximum absolute atomic E-state index is 12.3. The van der Waals surface area contributed by atoms with Crippen LogP contribution >= 0.6 is 11.6 Å². The minimum absolute atomic E-state index is 0.107. The quantitative estimate of drug-likeness (QED) is 0.562. The highest BCUT2D eigenvalue weighted by molar-refractivity contribution is 6.39. The summed E-state index contributed by atoms with van der Waals surface area (Å²) in [6.45, 7) is 5.18. The maximum atomic E-state index is 12.3. The van der Waals surface area contributed by atoms with Gasteiger partial charge in [-0.1, -0.05) is 29.8 Å². The molecule has 2 aromatic heterocycles. The number of nitrogens with one attached hydrogen (secondary N) is 3. The van der Waals surface area contributed by atoms with Gasteiger partial charge in [0.25, 0.3) is 5.56 Å². The number of hydrogen-bond donors (Lipinski definition) is 3. The summed E-state index contributed by atoms with van der Waals surface area (Å²) in [6, 6.07) is 8.57. The van der Waals surface area contributed by atoms with E-state index in [0.717, 1.165) is 0 Å². The van der Waals surface area contributed by atoms with E-state index in [0.29, 0.717) is 27.5 Å². The number of H-pyrrole nitrogens is 1. The van der Waals surface area contributed by atoms with Gasteiger partial charge in [0.05, 0.1) is 5.69 Å². The highest BCUT2D eigenvalue weighted by atomic mass is 35.5. The fourth-order valence-corrected chi connectivity index (χ4v) is 2.75. The molecule has 2 amide bonds. The number of rotatable bonds is 4. The number of hydrogen-bond acceptors (Lipinski definition) is 5. The van der Waals surface area contributed by atoms with Crippen LogP contribution in [0.4, 0.5) is 5.82 Å². The molecule has 9 nitrogen and oxygen atoms in total. The molecule has 3 aromatic rings. The van der Waals surface area contributed by atoms with Crippen LogP contribution < -0.4 is 16.2 Å². The Bertz CT molecular complexity index is 1150. The van der Waals surface area contributed by atoms with Crippen molar-refractivity contribution in [1.29, 1.82) is 0 Å². The van der Waals surface area contributed by atoms with Crippen LogP contribution in [0.25, 0.3) is 5.95 Å². The lowest BCUT2D eigenvalue weighted by molar-refractivity contribution is -0.136. The van der Waals surface area contributed by atoms with Crippen LogP contribution in [0.5, 0.6) is 0 Å². The number of carbonyl (C=O) groups excluding carboxylic acids is 2. The zero-order valence-electron chi connectivity index (χ0n) is 16.0. The highest BCUT2D eigenvalue weighted by Gasteiger charge is 2.19. The summed E-state index contributed by atoms with van der Waals surface area (Å²) in [4.78, 5) is 43.4. The molecule has 0 saturated heterocycles. The van der Waals surface area contributed by atoms with Crippen LogP contribution in [0.15, 0.2) is 35.1 Å². The van der Waals surface area contributed by atoms with E-state index in [4.69, 9.17) is 11.6 Å². The van der Waals surface area contributed by atoms with E-state index in [1.807, 2.05) is 0 Å². The third kappa shape index (κ3) is 4.52. The smallest absolute Gasteiger partial charge is 0.314 e. The molecule has 0 unspecified atom stereocenters. The van der Waals surface area contributed by atoms with Crippen LogP contribution in [0.1, 0.15) is 22.5 Å². The molecule has 1 aromatic carbocycles. The maximum Gasteiger partial charge on any atom is 0.314 e. The van der Waals surface area contributed by atoms with Gasteiger partial charge in [0.2, 0.25) is 5.95 Å². The van der Waals surface area contributed by atoms with Crippen molar-refractivity contribution in [2.75, 3.05) is 5.32 Å². The monoisotopic (exact) mass is 414 g/mol. The second kappa shape index (κ2) is 8.27. The van der Waals surface area contributed by atoms with Crippen LogP contribution in [0.2, 0.25) is 5.02 Å². The molecule has 0 bridgehead atoms. The van der Waals surface area contributed by atoms with Crippen molar-refractivity contribution >= 4 is 29.2 Å². The van der Waals surface area contributed by atoms with E-state index >= 15 is 0 Å². The number of nitrogens with zero attached hydrogens (tertiary/aromatic N) is 3. The average Bonchev–Trinajstić information content (AvgIpc) is 3.04. The van der Waals surface area contributed by atoms with E-state index in [-0.39, 0.29) is 23.9 Å². The first-order valence-corrected chi connectivity index (χ1v) is 9.11. The van der Waals surface area contributed by atoms with Gasteiger partial charge >= 0.3 is 11.8 Å². The fourth-order valence-electron chi connectivity index (χ4n) is 2.55. The molecule has 150 valence electrons. The molecule has 0 aliphatic heterocycles. The van der Waals surface area contributed by atoms with Crippen LogP contribution in [-0.2, 0) is 16.1 Å². The third-order valence-corrected chi connectivity index (χ3v) is 4.63. The van der Waals surface area contributed by atoms with E-state index < -0.39 is 11.8 Å². The van der Waals surface area contributed by atoms with Crippen molar-refractivity contribution in [3.8, 4) is 5.95 Å². The van der Waals surface area contributed by atoms with Crippen LogP contribution in [0.3, 0.4) is 0 Å². The first kappa shape index (κ1) is 20.3. The van der Waals surface area contributed by atoms with Crippen molar-refractivity contribution in [3.63, 3.8) is 0 Å². The SMILES string of the molecule is Cc1cc(NC(=O)C(=O)NCc2ccccc2Cl)n(-c2nc(C)c(C)c(=O)[nH]2)n1. The number of aromatic amines is 1. The lowest BCUT2D eigenvalue weighted by Gasteiger charge is -2.10. The number of amides is 2. The average molecular weight is 415 g/mol. The Hall–Kier alpha value is -3.46. The molecular formula is C19H19ClN6O3. The predicted octanol–water partition coefficient (Wildman–Crippen LogP) is 1.79. The van der Waals surface area contributed by atoms with E-state index in [1.165, 1.54) is 4.68 Å². The Morgan fingerprint density at radius 2 is 1.90 bits per heavy atom. The van der Waals surface area contributed by atoms with Crippen molar-refractivity contribution in [3.05, 3.63) is 68.2 Å². The minimum atomic E-state index is -0.885. The lowest BCUT2D eigenvalue weighted by atomic mass is 10.2. The summed E-state index contributed by atoms with van der Waals surface area (Å²) in [5.74, 6) is -1.38. The minimum Gasteiger partial charge on any atom is -0.344 e. The molecule has 3 rings (SSSR count). The first-order valence-electron chi connectivity index (χ1n) is 8.73. The number of halogens is 1. The van der Waals surface area contributed by atoms with Gasteiger partial charge in [0, 0.05) is 28.9 Å². The number of benzene rings is 1. The first-order chi connectivity index (χ1) is 13.8. The largest absolute Gasteiger partial charge is 0.344 e. The van der Waals surface area contributed by atoms with Crippen molar-refractivity contribution < 1.29 is 9.59 Å². The Balaban J connectivity index is 1.77. The number of anilines is 1. The normalized spacial score (nSPS) is 10.6. The standard InChI is InChI=1S/C19H19ClN6O3/c1-10-8-15(26(25-10)19-22-12(3)11(2)16(27)24-19)23-18(29)17(28)21-9-13-6-4-5-7-14(13)20/h4-8H,9H2,1-3H3,(H,21,28)(H,23,29)(H,22,24,27). The van der Waals surface area contributed by atoms with Gasteiger partial charge in [0.15, 0.2) is 0 Å². The number of aryl methyl sites for hydroxylation is 2. The molecule has 2 heterocycles. The second-order valence-electron chi connectivity index (χ2n) is 6.41. The Morgan fingerprint density at radius 1 is 1.17 bits per heavy atom. The molecule has 0 aliphatic rings. The molecule has 10 heteroatoms. The van der Waals surface area contributed by atoms with Crippen molar-refractivity contribution in [2.24, 2.45) is 0 Å². The molecule has 0 spiro atoms. The van der Waals surface area contributed by atoms with Crippen LogP contribution in [0, 0.1) is 20.8 Å². The van der Waals surface area contributed by atoms with Gasteiger partial charge in [0.1, 0.15) is 5.82 Å². The topological polar surface area (TPSA) is 122 Å². The molecule has 0 saturated carbocycles. The summed E-state index contributed by atoms with van der Waals surface area (Å²) in [6.07, 6.45) is 0. The van der Waals surface area contributed by atoms with Gasteiger partial charge in [-0.2, -0.15) is 9.78 Å².